The zero-order valence-electron chi connectivity index (χ0n) is 9.12. The Kier molecular flexibility index (Phi) is 2.60. The highest BCUT2D eigenvalue weighted by atomic mass is 19.1. The molecule has 2 rings (SSSR count). The summed E-state index contributed by atoms with van der Waals surface area (Å²) in [5.74, 6) is -0.631. The molecule has 0 spiro atoms. The number of imidazole rings is 1. The first kappa shape index (κ1) is 10.6. The van der Waals surface area contributed by atoms with Crippen molar-refractivity contribution in [1.29, 1.82) is 0 Å². The molecule has 1 N–H and O–H groups in total. The number of nitrogens with one attached hydrogen (secondary N) is 1. The Morgan fingerprint density at radius 1 is 1.56 bits per heavy atom. The van der Waals surface area contributed by atoms with Gasteiger partial charge in [-0.1, -0.05) is 0 Å². The number of aryl methyl sites for hydroxylation is 1. The molecule has 2 aromatic rings. The molecule has 0 bridgehead atoms. The molecule has 84 valence electrons. The summed E-state index contributed by atoms with van der Waals surface area (Å²) in [7, 11) is 0. The third kappa shape index (κ3) is 1.64. The maximum atomic E-state index is 13.1. The molecule has 0 saturated carbocycles. The van der Waals surface area contributed by atoms with E-state index in [1.54, 1.807) is 13.0 Å². The Balaban J connectivity index is 2.62. The van der Waals surface area contributed by atoms with Gasteiger partial charge in [0.1, 0.15) is 17.2 Å². The summed E-state index contributed by atoms with van der Waals surface area (Å²) in [5, 5.41) is 2.68. The molecule has 0 unspecified atom stereocenters. The number of carbonyl (C=O) groups is 1. The van der Waals surface area contributed by atoms with E-state index >= 15 is 0 Å². The van der Waals surface area contributed by atoms with E-state index in [2.05, 4.69) is 10.3 Å². The van der Waals surface area contributed by atoms with Crippen molar-refractivity contribution in [1.82, 2.24) is 14.7 Å². The van der Waals surface area contributed by atoms with Crippen molar-refractivity contribution in [3.63, 3.8) is 0 Å². The zero-order chi connectivity index (χ0) is 11.7. The van der Waals surface area contributed by atoms with Gasteiger partial charge in [0.2, 0.25) is 0 Å². The molecular formula is C11H12FN3O. The smallest absolute Gasteiger partial charge is 0.270 e. The number of hydrogen-bond acceptors (Lipinski definition) is 2. The summed E-state index contributed by atoms with van der Waals surface area (Å²) >= 11 is 0. The summed E-state index contributed by atoms with van der Waals surface area (Å²) < 4.78 is 14.6. The SMILES string of the molecule is CCNC(=O)c1c(C)nc2ccc(F)cn12. The van der Waals surface area contributed by atoms with Crippen LogP contribution >= 0.6 is 0 Å². The lowest BCUT2D eigenvalue weighted by Gasteiger charge is -2.03. The molecule has 0 radical (unpaired) electrons. The first-order chi connectivity index (χ1) is 7.63. The van der Waals surface area contributed by atoms with Gasteiger partial charge in [-0.25, -0.2) is 9.37 Å². The van der Waals surface area contributed by atoms with E-state index in [0.29, 0.717) is 23.6 Å². The van der Waals surface area contributed by atoms with Crippen LogP contribution in [0.25, 0.3) is 5.65 Å². The summed E-state index contributed by atoms with van der Waals surface area (Å²) in [6, 6.07) is 2.87. The Labute approximate surface area is 92.1 Å². The van der Waals surface area contributed by atoms with Gasteiger partial charge >= 0.3 is 0 Å². The van der Waals surface area contributed by atoms with E-state index in [1.807, 2.05) is 6.92 Å². The van der Waals surface area contributed by atoms with E-state index in [9.17, 15) is 9.18 Å². The average molecular weight is 221 g/mol. The number of aromatic nitrogens is 2. The second-order valence-corrected chi connectivity index (χ2v) is 3.48. The van der Waals surface area contributed by atoms with Crippen molar-refractivity contribution in [2.45, 2.75) is 13.8 Å². The van der Waals surface area contributed by atoms with E-state index < -0.39 is 5.82 Å². The van der Waals surface area contributed by atoms with Gasteiger partial charge in [0, 0.05) is 12.7 Å². The lowest BCUT2D eigenvalue weighted by Crippen LogP contribution is -2.24. The van der Waals surface area contributed by atoms with Gasteiger partial charge in [-0.15, -0.1) is 0 Å². The molecule has 4 nitrogen and oxygen atoms in total. The van der Waals surface area contributed by atoms with Crippen molar-refractivity contribution < 1.29 is 9.18 Å². The monoisotopic (exact) mass is 221 g/mol. The normalized spacial score (nSPS) is 10.7. The second-order valence-electron chi connectivity index (χ2n) is 3.48. The third-order valence-electron chi connectivity index (χ3n) is 2.31. The van der Waals surface area contributed by atoms with Crippen LogP contribution in [-0.4, -0.2) is 21.8 Å². The molecule has 5 heteroatoms. The molecule has 0 aliphatic rings. The lowest BCUT2D eigenvalue weighted by atomic mass is 10.3. The van der Waals surface area contributed by atoms with Gasteiger partial charge in [0.15, 0.2) is 0 Å². The van der Waals surface area contributed by atoms with E-state index in [-0.39, 0.29) is 5.91 Å². The van der Waals surface area contributed by atoms with Crippen LogP contribution < -0.4 is 5.32 Å². The lowest BCUT2D eigenvalue weighted by molar-refractivity contribution is 0.0949. The number of rotatable bonds is 2. The predicted molar refractivity (Wildman–Crippen MR) is 57.9 cm³/mol. The van der Waals surface area contributed by atoms with Gasteiger partial charge < -0.3 is 5.32 Å². The summed E-state index contributed by atoms with van der Waals surface area (Å²) in [6.07, 6.45) is 1.26. The Morgan fingerprint density at radius 3 is 3.00 bits per heavy atom. The van der Waals surface area contributed by atoms with Crippen molar-refractivity contribution in [2.75, 3.05) is 6.54 Å². The van der Waals surface area contributed by atoms with Crippen LogP contribution in [-0.2, 0) is 0 Å². The molecule has 1 amide bonds. The molecule has 0 fully saturated rings. The minimum absolute atomic E-state index is 0.238. The molecule has 0 aliphatic heterocycles. The number of amides is 1. The molecular weight excluding hydrogens is 209 g/mol. The number of halogens is 1. The van der Waals surface area contributed by atoms with Crippen molar-refractivity contribution >= 4 is 11.6 Å². The number of hydrogen-bond donors (Lipinski definition) is 1. The highest BCUT2D eigenvalue weighted by Gasteiger charge is 2.15. The van der Waals surface area contributed by atoms with E-state index in [0.717, 1.165) is 0 Å². The second kappa shape index (κ2) is 3.92. The molecule has 0 aromatic carbocycles. The first-order valence-electron chi connectivity index (χ1n) is 5.06. The maximum Gasteiger partial charge on any atom is 0.270 e. The number of nitrogens with zero attached hydrogens (tertiary/aromatic N) is 2. The molecule has 2 aromatic heterocycles. The molecule has 16 heavy (non-hydrogen) atoms. The third-order valence-corrected chi connectivity index (χ3v) is 2.31. The standard InChI is InChI=1S/C11H12FN3O/c1-3-13-11(16)10-7(2)14-9-5-4-8(12)6-15(9)10/h4-6H,3H2,1-2H3,(H,13,16). The van der Waals surface area contributed by atoms with Crippen molar-refractivity contribution in [2.24, 2.45) is 0 Å². The van der Waals surface area contributed by atoms with Crippen LogP contribution in [0.1, 0.15) is 23.1 Å². The Hall–Kier alpha value is -1.91. The van der Waals surface area contributed by atoms with E-state index in [1.165, 1.54) is 16.7 Å². The topological polar surface area (TPSA) is 46.4 Å². The van der Waals surface area contributed by atoms with Crippen molar-refractivity contribution in [3.8, 4) is 0 Å². The van der Waals surface area contributed by atoms with Gasteiger partial charge in [0.05, 0.1) is 5.69 Å². The van der Waals surface area contributed by atoms with Gasteiger partial charge in [0.25, 0.3) is 5.91 Å². The minimum atomic E-state index is -0.393. The van der Waals surface area contributed by atoms with Crippen LogP contribution in [0.2, 0.25) is 0 Å². The summed E-state index contributed by atoms with van der Waals surface area (Å²) in [4.78, 5) is 16.0. The molecule has 0 atom stereocenters. The Bertz CT molecular complexity index is 547. The fourth-order valence-corrected chi connectivity index (χ4v) is 1.65. The number of pyridine rings is 1. The first-order valence-corrected chi connectivity index (χ1v) is 5.06. The van der Waals surface area contributed by atoms with Crippen LogP contribution in [0.15, 0.2) is 18.3 Å². The molecule has 0 aliphatic carbocycles. The van der Waals surface area contributed by atoms with Gasteiger partial charge in [-0.3, -0.25) is 9.20 Å². The minimum Gasteiger partial charge on any atom is -0.351 e. The maximum absolute atomic E-state index is 13.1. The average Bonchev–Trinajstić information content (AvgIpc) is 2.53. The van der Waals surface area contributed by atoms with Gasteiger partial charge in [-0.2, -0.15) is 0 Å². The molecule has 0 saturated heterocycles. The van der Waals surface area contributed by atoms with Crippen LogP contribution in [0.5, 0.6) is 0 Å². The molecule has 2 heterocycles. The van der Waals surface area contributed by atoms with E-state index in [4.69, 9.17) is 0 Å². The quantitative estimate of drug-likeness (QED) is 0.836. The summed E-state index contributed by atoms with van der Waals surface area (Å²) in [6.45, 7) is 4.09. The highest BCUT2D eigenvalue weighted by molar-refractivity contribution is 5.94. The number of fused-ring (bicyclic) bond motifs is 1. The van der Waals surface area contributed by atoms with Crippen LogP contribution in [0.4, 0.5) is 4.39 Å². The number of carbonyl (C=O) groups excluding carboxylic acids is 1. The predicted octanol–water partition coefficient (Wildman–Crippen LogP) is 1.53. The Morgan fingerprint density at radius 2 is 2.31 bits per heavy atom. The van der Waals surface area contributed by atoms with Crippen LogP contribution in [0, 0.1) is 12.7 Å². The van der Waals surface area contributed by atoms with Gasteiger partial charge in [-0.05, 0) is 26.0 Å². The van der Waals surface area contributed by atoms with Crippen LogP contribution in [0.3, 0.4) is 0 Å². The summed E-state index contributed by atoms with van der Waals surface area (Å²) in [5.41, 5.74) is 1.55. The van der Waals surface area contributed by atoms with Crippen molar-refractivity contribution in [3.05, 3.63) is 35.5 Å². The zero-order valence-corrected chi connectivity index (χ0v) is 9.12. The fraction of sp³-hybridized carbons (Fsp3) is 0.273. The largest absolute Gasteiger partial charge is 0.351 e. The highest BCUT2D eigenvalue weighted by Crippen LogP contribution is 2.12. The fourth-order valence-electron chi connectivity index (χ4n) is 1.65.